The molecule has 0 amide bonds. The van der Waals surface area contributed by atoms with Crippen molar-refractivity contribution in [2.75, 3.05) is 13.7 Å². The van der Waals surface area contributed by atoms with Gasteiger partial charge in [-0.05, 0) is 13.3 Å². The van der Waals surface area contributed by atoms with Crippen molar-refractivity contribution in [2.24, 2.45) is 0 Å². The Hall–Kier alpha value is -0.610. The van der Waals surface area contributed by atoms with E-state index in [4.69, 9.17) is 9.84 Å². The van der Waals surface area contributed by atoms with Gasteiger partial charge in [0.2, 0.25) is 0 Å². The second-order valence-electron chi connectivity index (χ2n) is 3.20. The number of aliphatic carboxylic acids is 1. The predicted octanol–water partition coefficient (Wildman–Crippen LogP) is 0.864. The van der Waals surface area contributed by atoms with Crippen LogP contribution in [0, 0.1) is 0 Å². The molecular weight excluding hydrogens is 170 g/mol. The number of carboxylic acids is 1. The van der Waals surface area contributed by atoms with Gasteiger partial charge in [-0.3, -0.25) is 10.1 Å². The molecule has 0 radical (unpaired) electrons. The highest BCUT2D eigenvalue weighted by atomic mass is 16.5. The van der Waals surface area contributed by atoms with Crippen molar-refractivity contribution in [2.45, 2.75) is 38.8 Å². The number of nitrogens with one attached hydrogen (secondary N) is 1. The van der Waals surface area contributed by atoms with Gasteiger partial charge in [0.15, 0.2) is 0 Å². The summed E-state index contributed by atoms with van der Waals surface area (Å²) in [4.78, 5) is 10.7. The van der Waals surface area contributed by atoms with Gasteiger partial charge in [0, 0.05) is 13.2 Å². The average Bonchev–Trinajstić information content (AvgIpc) is 2.04. The van der Waals surface area contributed by atoms with E-state index in [1.165, 1.54) is 7.11 Å². The summed E-state index contributed by atoms with van der Waals surface area (Å²) < 4.78 is 4.80. The normalized spacial score (nSPS) is 15.3. The molecule has 0 aromatic carbocycles. The highest BCUT2D eigenvalue weighted by Crippen LogP contribution is 1.97. The van der Waals surface area contributed by atoms with E-state index in [1.54, 1.807) is 0 Å². The van der Waals surface area contributed by atoms with Crippen LogP contribution >= 0.6 is 0 Å². The number of rotatable bonds is 7. The minimum Gasteiger partial charge on any atom is -0.480 e. The van der Waals surface area contributed by atoms with E-state index in [-0.39, 0.29) is 12.6 Å². The molecule has 0 heterocycles. The standard InChI is InChI=1S/C9H19NO3/c1-4-5-7(2)10-8(6-13-3)9(11)12/h7-8,10H,4-6H2,1-3H3,(H,11,12). The molecule has 2 unspecified atom stereocenters. The third-order valence-corrected chi connectivity index (χ3v) is 1.84. The Bertz CT molecular complexity index is 150. The summed E-state index contributed by atoms with van der Waals surface area (Å²) in [6, 6.07) is -0.368. The van der Waals surface area contributed by atoms with Crippen LogP contribution in [0.3, 0.4) is 0 Å². The van der Waals surface area contributed by atoms with Gasteiger partial charge < -0.3 is 9.84 Å². The summed E-state index contributed by atoms with van der Waals surface area (Å²) in [7, 11) is 1.50. The molecule has 0 aromatic heterocycles. The van der Waals surface area contributed by atoms with E-state index in [0.29, 0.717) is 0 Å². The van der Waals surface area contributed by atoms with Crippen LogP contribution in [-0.2, 0) is 9.53 Å². The van der Waals surface area contributed by atoms with Crippen molar-refractivity contribution < 1.29 is 14.6 Å². The van der Waals surface area contributed by atoms with E-state index in [0.717, 1.165) is 12.8 Å². The maximum atomic E-state index is 10.7. The lowest BCUT2D eigenvalue weighted by atomic mass is 10.1. The minimum atomic E-state index is -0.857. The van der Waals surface area contributed by atoms with Crippen molar-refractivity contribution in [3.05, 3.63) is 0 Å². The van der Waals surface area contributed by atoms with Crippen LogP contribution < -0.4 is 5.32 Å². The predicted molar refractivity (Wildman–Crippen MR) is 50.8 cm³/mol. The molecule has 0 aromatic rings. The van der Waals surface area contributed by atoms with Crippen molar-refractivity contribution in [3.63, 3.8) is 0 Å². The molecule has 0 saturated carbocycles. The zero-order chi connectivity index (χ0) is 10.3. The molecule has 2 N–H and O–H groups in total. The average molecular weight is 189 g/mol. The topological polar surface area (TPSA) is 58.6 Å². The lowest BCUT2D eigenvalue weighted by molar-refractivity contribution is -0.141. The Labute approximate surface area is 79.3 Å². The van der Waals surface area contributed by atoms with Gasteiger partial charge >= 0.3 is 5.97 Å². The van der Waals surface area contributed by atoms with Crippen molar-refractivity contribution in [3.8, 4) is 0 Å². The fourth-order valence-electron chi connectivity index (χ4n) is 1.22. The lowest BCUT2D eigenvalue weighted by Gasteiger charge is -2.18. The van der Waals surface area contributed by atoms with Gasteiger partial charge in [-0.25, -0.2) is 0 Å². The third-order valence-electron chi connectivity index (χ3n) is 1.84. The summed E-state index contributed by atoms with van der Waals surface area (Å²) in [6.45, 7) is 4.27. The number of methoxy groups -OCH3 is 1. The van der Waals surface area contributed by atoms with Crippen LogP contribution in [0.2, 0.25) is 0 Å². The summed E-state index contributed by atoms with van der Waals surface area (Å²) >= 11 is 0. The van der Waals surface area contributed by atoms with Crippen molar-refractivity contribution in [1.29, 1.82) is 0 Å². The lowest BCUT2D eigenvalue weighted by Crippen LogP contribution is -2.44. The molecule has 0 bridgehead atoms. The zero-order valence-electron chi connectivity index (χ0n) is 8.54. The van der Waals surface area contributed by atoms with Gasteiger partial charge in [-0.2, -0.15) is 0 Å². The molecule has 0 rings (SSSR count). The quantitative estimate of drug-likeness (QED) is 0.623. The molecule has 0 aliphatic rings. The number of hydrogen-bond acceptors (Lipinski definition) is 3. The summed E-state index contributed by atoms with van der Waals surface area (Å²) in [5.41, 5.74) is 0. The van der Waals surface area contributed by atoms with E-state index < -0.39 is 12.0 Å². The van der Waals surface area contributed by atoms with E-state index in [1.807, 2.05) is 6.92 Å². The van der Waals surface area contributed by atoms with Gasteiger partial charge in [0.1, 0.15) is 6.04 Å². The molecule has 0 saturated heterocycles. The van der Waals surface area contributed by atoms with E-state index in [2.05, 4.69) is 12.2 Å². The second-order valence-corrected chi connectivity index (χ2v) is 3.20. The summed E-state index contributed by atoms with van der Waals surface area (Å²) in [5.74, 6) is -0.857. The largest absolute Gasteiger partial charge is 0.480 e. The first-order valence-electron chi connectivity index (χ1n) is 4.59. The number of hydrogen-bond donors (Lipinski definition) is 2. The van der Waals surface area contributed by atoms with Crippen LogP contribution in [-0.4, -0.2) is 36.9 Å². The number of carbonyl (C=O) groups is 1. The minimum absolute atomic E-state index is 0.212. The van der Waals surface area contributed by atoms with E-state index in [9.17, 15) is 4.79 Å². The number of ether oxygens (including phenoxy) is 1. The molecule has 4 heteroatoms. The van der Waals surface area contributed by atoms with Crippen LogP contribution in [0.4, 0.5) is 0 Å². The maximum Gasteiger partial charge on any atom is 0.323 e. The van der Waals surface area contributed by atoms with E-state index >= 15 is 0 Å². The first-order chi connectivity index (χ1) is 6.11. The summed E-state index contributed by atoms with van der Waals surface area (Å²) in [6.07, 6.45) is 2.03. The van der Waals surface area contributed by atoms with Gasteiger partial charge in [0.25, 0.3) is 0 Å². The van der Waals surface area contributed by atoms with Crippen LogP contribution in [0.15, 0.2) is 0 Å². The Balaban J connectivity index is 3.86. The Morgan fingerprint density at radius 2 is 2.23 bits per heavy atom. The van der Waals surface area contributed by atoms with Gasteiger partial charge in [-0.1, -0.05) is 13.3 Å². The van der Waals surface area contributed by atoms with Crippen LogP contribution in [0.5, 0.6) is 0 Å². The highest BCUT2D eigenvalue weighted by Gasteiger charge is 2.18. The Morgan fingerprint density at radius 1 is 1.62 bits per heavy atom. The molecule has 0 spiro atoms. The third kappa shape index (κ3) is 5.60. The van der Waals surface area contributed by atoms with Gasteiger partial charge in [-0.15, -0.1) is 0 Å². The first-order valence-corrected chi connectivity index (χ1v) is 4.59. The zero-order valence-corrected chi connectivity index (χ0v) is 8.54. The highest BCUT2D eigenvalue weighted by molar-refractivity contribution is 5.73. The molecule has 13 heavy (non-hydrogen) atoms. The molecule has 2 atom stereocenters. The SMILES string of the molecule is CCCC(C)NC(COC)C(=O)O. The molecule has 0 fully saturated rings. The van der Waals surface area contributed by atoms with Crippen molar-refractivity contribution in [1.82, 2.24) is 5.32 Å². The van der Waals surface area contributed by atoms with Crippen LogP contribution in [0.25, 0.3) is 0 Å². The monoisotopic (exact) mass is 189 g/mol. The Morgan fingerprint density at radius 3 is 2.62 bits per heavy atom. The molecular formula is C9H19NO3. The summed E-state index contributed by atoms with van der Waals surface area (Å²) in [5, 5.41) is 11.8. The van der Waals surface area contributed by atoms with Gasteiger partial charge in [0.05, 0.1) is 6.61 Å². The molecule has 4 nitrogen and oxygen atoms in total. The first kappa shape index (κ1) is 12.4. The maximum absolute atomic E-state index is 10.7. The molecule has 78 valence electrons. The van der Waals surface area contributed by atoms with Crippen LogP contribution in [0.1, 0.15) is 26.7 Å². The Kier molecular flexibility index (Phi) is 6.54. The second kappa shape index (κ2) is 6.86. The fraction of sp³-hybridized carbons (Fsp3) is 0.889. The molecule has 0 aliphatic carbocycles. The smallest absolute Gasteiger partial charge is 0.323 e. The number of carboxylic acid groups (broad SMARTS) is 1. The fourth-order valence-corrected chi connectivity index (χ4v) is 1.22. The molecule has 0 aliphatic heterocycles. The van der Waals surface area contributed by atoms with Crippen molar-refractivity contribution >= 4 is 5.97 Å².